The molecule has 0 saturated heterocycles. The average Bonchev–Trinajstić information content (AvgIpc) is 3.25. The van der Waals surface area contributed by atoms with Gasteiger partial charge in [0.2, 0.25) is 0 Å². The molecule has 2 N–H and O–H groups in total. The van der Waals surface area contributed by atoms with Gasteiger partial charge in [0.15, 0.2) is 0 Å². The summed E-state index contributed by atoms with van der Waals surface area (Å²) in [6.07, 6.45) is 20.4. The number of carbonyl (C=O) groups is 1. The zero-order valence-corrected chi connectivity index (χ0v) is 31.5. The number of carbonyl (C=O) groups excluding carboxylic acids is 1. The minimum atomic E-state index is -0.584. The molecule has 0 aromatic carbocycles. The molecule has 0 aromatic rings. The quantitative estimate of drug-likeness (QED) is 0.118. The molecule has 45 heavy (non-hydrogen) atoms. The lowest BCUT2D eigenvalue weighted by Gasteiger charge is -2.58. The summed E-state index contributed by atoms with van der Waals surface area (Å²) in [6, 6.07) is 0. The third kappa shape index (κ3) is 8.23. The number of rotatable bonds is 14. The molecule has 260 valence electrons. The highest BCUT2D eigenvalue weighted by Gasteiger charge is 2.59. The molecule has 3 saturated carbocycles. The molecule has 0 aromatic heterocycles. The van der Waals surface area contributed by atoms with Crippen molar-refractivity contribution in [1.29, 1.82) is 0 Å². The van der Waals surface area contributed by atoms with Crippen molar-refractivity contribution in [3.05, 3.63) is 11.6 Å². The standard InChI is InChI=1S/C41H73NO3/c1-12-39(10,26-29(4)5)36(43)45-38(8,9)27-37(6,7)44-32-21-23-40(11)31(25-32)17-19-33-34(40)22-24-41(42)30(18-20-35(33)41)16-14-13-15-28(2)3/h17,28-30,32-35H,12-16,18-27,42H2,1-11H3. The van der Waals surface area contributed by atoms with E-state index in [1.54, 1.807) is 5.57 Å². The largest absolute Gasteiger partial charge is 0.459 e. The number of hydrogen-bond acceptors (Lipinski definition) is 4. The lowest BCUT2D eigenvalue weighted by atomic mass is 9.49. The highest BCUT2D eigenvalue weighted by atomic mass is 16.6. The summed E-state index contributed by atoms with van der Waals surface area (Å²) in [5.74, 6) is 4.16. The van der Waals surface area contributed by atoms with Crippen molar-refractivity contribution in [3.8, 4) is 0 Å². The average molecular weight is 628 g/mol. The smallest absolute Gasteiger partial charge is 0.312 e. The second-order valence-corrected chi connectivity index (χ2v) is 18.9. The van der Waals surface area contributed by atoms with Gasteiger partial charge in [-0.15, -0.1) is 0 Å². The fourth-order valence-electron chi connectivity index (χ4n) is 11.1. The Kier molecular flexibility index (Phi) is 11.4. The van der Waals surface area contributed by atoms with Gasteiger partial charge < -0.3 is 15.2 Å². The Morgan fingerprint density at radius 3 is 2.31 bits per heavy atom. The van der Waals surface area contributed by atoms with Gasteiger partial charge in [-0.3, -0.25) is 4.79 Å². The number of fused-ring (bicyclic) bond motifs is 5. The normalized spacial score (nSPS) is 35.0. The van der Waals surface area contributed by atoms with E-state index in [1.165, 1.54) is 64.2 Å². The van der Waals surface area contributed by atoms with Crippen LogP contribution in [0.15, 0.2) is 11.6 Å². The topological polar surface area (TPSA) is 61.5 Å². The first kappa shape index (κ1) is 37.0. The highest BCUT2D eigenvalue weighted by Crippen LogP contribution is 2.63. The summed E-state index contributed by atoms with van der Waals surface area (Å²) in [4.78, 5) is 13.3. The van der Waals surface area contributed by atoms with Gasteiger partial charge in [0.05, 0.1) is 17.1 Å². The molecule has 0 aliphatic heterocycles. The summed E-state index contributed by atoms with van der Waals surface area (Å²) in [5, 5.41) is 0. The first-order chi connectivity index (χ1) is 20.8. The van der Waals surface area contributed by atoms with E-state index in [0.717, 1.165) is 49.4 Å². The molecular weight excluding hydrogens is 554 g/mol. The molecule has 0 amide bonds. The van der Waals surface area contributed by atoms with Crippen molar-refractivity contribution < 1.29 is 14.3 Å². The molecule has 4 rings (SSSR count). The number of esters is 1. The SMILES string of the molecule is CCC(C)(CC(C)C)C(=O)OC(C)(C)CC(C)(C)OC1CCC2(C)C(=CCC3C2CCC2(N)C(CCCCC(C)C)CCC32)C1. The molecule has 3 fully saturated rings. The fraction of sp³-hybridized carbons (Fsp3) is 0.927. The molecule has 8 atom stereocenters. The lowest BCUT2D eigenvalue weighted by molar-refractivity contribution is -0.179. The molecule has 4 heteroatoms. The molecule has 0 bridgehead atoms. The van der Waals surface area contributed by atoms with E-state index in [1.807, 2.05) is 0 Å². The molecule has 0 spiro atoms. The zero-order chi connectivity index (χ0) is 33.4. The maximum atomic E-state index is 13.3. The van der Waals surface area contributed by atoms with Crippen LogP contribution in [0.4, 0.5) is 0 Å². The van der Waals surface area contributed by atoms with Gasteiger partial charge in [0, 0.05) is 12.0 Å². The van der Waals surface area contributed by atoms with E-state index in [0.29, 0.717) is 23.7 Å². The minimum absolute atomic E-state index is 0.0662. The van der Waals surface area contributed by atoms with E-state index in [9.17, 15) is 4.79 Å². The van der Waals surface area contributed by atoms with Crippen LogP contribution in [0.2, 0.25) is 0 Å². The van der Waals surface area contributed by atoms with E-state index in [2.05, 4.69) is 82.2 Å². The Morgan fingerprint density at radius 2 is 1.67 bits per heavy atom. The van der Waals surface area contributed by atoms with Crippen molar-refractivity contribution in [3.63, 3.8) is 0 Å². The minimum Gasteiger partial charge on any atom is -0.459 e. The summed E-state index contributed by atoms with van der Waals surface area (Å²) >= 11 is 0. The maximum Gasteiger partial charge on any atom is 0.312 e. The first-order valence-electron chi connectivity index (χ1n) is 19.2. The zero-order valence-electron chi connectivity index (χ0n) is 31.5. The second-order valence-electron chi connectivity index (χ2n) is 18.9. The molecule has 8 unspecified atom stereocenters. The van der Waals surface area contributed by atoms with Crippen LogP contribution in [0, 0.1) is 46.3 Å². The Hall–Kier alpha value is -0.870. The number of nitrogens with two attached hydrogens (primary N) is 1. The molecular formula is C41H73NO3. The van der Waals surface area contributed by atoms with E-state index >= 15 is 0 Å². The van der Waals surface area contributed by atoms with Crippen LogP contribution < -0.4 is 5.73 Å². The Balaban J connectivity index is 1.36. The predicted octanol–water partition coefficient (Wildman–Crippen LogP) is 10.8. The second kappa shape index (κ2) is 13.9. The van der Waals surface area contributed by atoms with Crippen LogP contribution >= 0.6 is 0 Å². The predicted molar refractivity (Wildman–Crippen MR) is 189 cm³/mol. The van der Waals surface area contributed by atoms with Gasteiger partial charge >= 0.3 is 5.97 Å². The lowest BCUT2D eigenvalue weighted by Crippen LogP contribution is -2.59. The molecule has 0 radical (unpaired) electrons. The van der Waals surface area contributed by atoms with Gasteiger partial charge in [-0.05, 0) is 146 Å². The third-order valence-electron chi connectivity index (χ3n) is 13.2. The third-order valence-corrected chi connectivity index (χ3v) is 13.2. The Bertz CT molecular complexity index is 1040. The van der Waals surface area contributed by atoms with Gasteiger partial charge in [0.1, 0.15) is 5.60 Å². The van der Waals surface area contributed by atoms with Crippen LogP contribution in [0.5, 0.6) is 0 Å². The number of allylic oxidation sites excluding steroid dienone is 1. The Morgan fingerprint density at radius 1 is 0.956 bits per heavy atom. The molecule has 4 nitrogen and oxygen atoms in total. The highest BCUT2D eigenvalue weighted by molar-refractivity contribution is 5.76. The molecule has 4 aliphatic rings. The van der Waals surface area contributed by atoms with Crippen molar-refractivity contribution >= 4 is 5.97 Å². The Labute approximate surface area is 278 Å². The van der Waals surface area contributed by atoms with Crippen molar-refractivity contribution in [2.75, 3.05) is 0 Å². The van der Waals surface area contributed by atoms with Crippen LogP contribution in [-0.2, 0) is 14.3 Å². The first-order valence-corrected chi connectivity index (χ1v) is 19.2. The summed E-state index contributed by atoms with van der Waals surface area (Å²) < 4.78 is 13.1. The van der Waals surface area contributed by atoms with Gasteiger partial charge in [0.25, 0.3) is 0 Å². The summed E-state index contributed by atoms with van der Waals surface area (Å²) in [6.45, 7) is 24.3. The van der Waals surface area contributed by atoms with Gasteiger partial charge in [-0.25, -0.2) is 0 Å². The summed E-state index contributed by atoms with van der Waals surface area (Å²) in [5.41, 5.74) is 8.04. The monoisotopic (exact) mass is 628 g/mol. The van der Waals surface area contributed by atoms with Gasteiger partial charge in [-0.1, -0.05) is 72.5 Å². The van der Waals surface area contributed by atoms with E-state index in [4.69, 9.17) is 15.2 Å². The molecule has 0 heterocycles. The number of unbranched alkanes of at least 4 members (excludes halogenated alkanes) is 1. The molecule has 4 aliphatic carbocycles. The van der Waals surface area contributed by atoms with Crippen molar-refractivity contribution in [1.82, 2.24) is 0 Å². The van der Waals surface area contributed by atoms with Crippen LogP contribution in [0.3, 0.4) is 0 Å². The van der Waals surface area contributed by atoms with Crippen LogP contribution in [0.25, 0.3) is 0 Å². The van der Waals surface area contributed by atoms with Crippen molar-refractivity contribution in [2.24, 2.45) is 52.1 Å². The van der Waals surface area contributed by atoms with Crippen molar-refractivity contribution in [2.45, 2.75) is 195 Å². The fourth-order valence-corrected chi connectivity index (χ4v) is 11.1. The van der Waals surface area contributed by atoms with Crippen LogP contribution in [-0.4, -0.2) is 28.8 Å². The van der Waals surface area contributed by atoms with E-state index in [-0.39, 0.29) is 23.2 Å². The maximum absolute atomic E-state index is 13.3. The van der Waals surface area contributed by atoms with Gasteiger partial charge in [-0.2, -0.15) is 0 Å². The van der Waals surface area contributed by atoms with E-state index < -0.39 is 11.0 Å². The van der Waals surface area contributed by atoms with Crippen LogP contribution in [0.1, 0.15) is 172 Å². The number of hydrogen-bond donors (Lipinski definition) is 1. The number of ether oxygens (including phenoxy) is 2. The summed E-state index contributed by atoms with van der Waals surface area (Å²) in [7, 11) is 0.